The Kier molecular flexibility index (Phi) is 4.22. The number of hydrogen-bond donors (Lipinski definition) is 0. The highest BCUT2D eigenvalue weighted by atomic mass is 35.5. The summed E-state index contributed by atoms with van der Waals surface area (Å²) in [7, 11) is 0. The maximum atomic E-state index is 12.7. The van der Waals surface area contributed by atoms with Gasteiger partial charge in [-0.3, -0.25) is 9.48 Å². The number of hydrogen-bond acceptors (Lipinski definition) is 3. The van der Waals surface area contributed by atoms with Crippen LogP contribution in [0.25, 0.3) is 0 Å². The minimum Gasteiger partial charge on any atom is -0.324 e. The molecule has 1 aromatic heterocycles. The number of benzene rings is 1. The number of aromatic nitrogens is 2. The number of carbonyl (C=O) groups is 1. The number of nitrogens with zero attached hydrogens (tertiary/aromatic N) is 3. The topological polar surface area (TPSA) is 38.1 Å². The number of amides is 1. The first-order chi connectivity index (χ1) is 10.2. The Morgan fingerprint density at radius 2 is 2.33 bits per heavy atom. The van der Waals surface area contributed by atoms with Gasteiger partial charge in [0.2, 0.25) is 5.91 Å². The second-order valence-electron chi connectivity index (χ2n) is 4.97. The van der Waals surface area contributed by atoms with Crippen molar-refractivity contribution in [3.05, 3.63) is 53.3 Å². The molecule has 21 heavy (non-hydrogen) atoms. The molecule has 0 spiro atoms. The molecule has 0 saturated carbocycles. The highest BCUT2D eigenvalue weighted by Gasteiger charge is 2.33. The van der Waals surface area contributed by atoms with E-state index in [1.54, 1.807) is 22.6 Å². The predicted octanol–water partition coefficient (Wildman–Crippen LogP) is 3.37. The van der Waals surface area contributed by atoms with Crippen LogP contribution in [0.5, 0.6) is 0 Å². The van der Waals surface area contributed by atoms with Crippen molar-refractivity contribution in [3.8, 4) is 0 Å². The molecule has 1 aliphatic rings. The summed E-state index contributed by atoms with van der Waals surface area (Å²) in [4.78, 5) is 14.7. The maximum absolute atomic E-state index is 12.7. The van der Waals surface area contributed by atoms with Crippen molar-refractivity contribution in [1.82, 2.24) is 14.7 Å². The van der Waals surface area contributed by atoms with Crippen LogP contribution in [0.2, 0.25) is 5.02 Å². The van der Waals surface area contributed by atoms with Crippen LogP contribution < -0.4 is 0 Å². The van der Waals surface area contributed by atoms with Crippen molar-refractivity contribution in [2.45, 2.75) is 18.3 Å². The van der Waals surface area contributed by atoms with Crippen LogP contribution >= 0.6 is 23.4 Å². The monoisotopic (exact) mass is 321 g/mol. The van der Waals surface area contributed by atoms with Gasteiger partial charge in [-0.2, -0.15) is 5.10 Å². The lowest BCUT2D eigenvalue weighted by molar-refractivity contribution is -0.134. The quantitative estimate of drug-likeness (QED) is 0.870. The number of rotatable bonds is 3. The van der Waals surface area contributed by atoms with Crippen LogP contribution in [0.1, 0.15) is 23.9 Å². The molecule has 1 saturated heterocycles. The molecular formula is C15H16ClN3OS. The Hall–Kier alpha value is -1.46. The number of carbonyl (C=O) groups excluding carboxylic acids is 1. The smallest absolute Gasteiger partial charge is 0.248 e. The first-order valence-electron chi connectivity index (χ1n) is 6.83. The van der Waals surface area contributed by atoms with Crippen molar-refractivity contribution in [3.63, 3.8) is 0 Å². The van der Waals surface area contributed by atoms with Crippen LogP contribution in [0.3, 0.4) is 0 Å². The van der Waals surface area contributed by atoms with Crippen molar-refractivity contribution >= 4 is 29.3 Å². The van der Waals surface area contributed by atoms with E-state index in [1.807, 2.05) is 48.4 Å². The molecule has 2 aromatic rings. The van der Waals surface area contributed by atoms with Crippen LogP contribution in [0, 0.1) is 0 Å². The van der Waals surface area contributed by atoms with Gasteiger partial charge in [-0.1, -0.05) is 23.7 Å². The molecule has 0 bridgehead atoms. The highest BCUT2D eigenvalue weighted by molar-refractivity contribution is 7.99. The van der Waals surface area contributed by atoms with Gasteiger partial charge in [0.15, 0.2) is 0 Å². The SMILES string of the molecule is CC(C(=O)N1CCSC1c1cccc(Cl)c1)n1cccn1. The summed E-state index contributed by atoms with van der Waals surface area (Å²) >= 11 is 7.84. The van der Waals surface area contributed by atoms with Crippen LogP contribution in [0.15, 0.2) is 42.7 Å². The van der Waals surface area contributed by atoms with Crippen molar-refractivity contribution in [2.75, 3.05) is 12.3 Å². The summed E-state index contributed by atoms with van der Waals surface area (Å²) in [5, 5.41) is 4.90. The van der Waals surface area contributed by atoms with Gasteiger partial charge in [-0.25, -0.2) is 0 Å². The van der Waals surface area contributed by atoms with E-state index >= 15 is 0 Å². The van der Waals surface area contributed by atoms with Gasteiger partial charge >= 0.3 is 0 Å². The van der Waals surface area contributed by atoms with Gasteiger partial charge in [0, 0.05) is 29.7 Å². The van der Waals surface area contributed by atoms with Crippen molar-refractivity contribution < 1.29 is 4.79 Å². The molecule has 6 heteroatoms. The molecule has 4 nitrogen and oxygen atoms in total. The second-order valence-corrected chi connectivity index (χ2v) is 6.60. The molecule has 2 heterocycles. The Morgan fingerprint density at radius 3 is 3.05 bits per heavy atom. The van der Waals surface area contributed by atoms with E-state index in [0.29, 0.717) is 5.02 Å². The van der Waals surface area contributed by atoms with E-state index in [2.05, 4.69) is 5.10 Å². The largest absolute Gasteiger partial charge is 0.324 e. The molecule has 110 valence electrons. The summed E-state index contributed by atoms with van der Waals surface area (Å²) in [6.07, 6.45) is 3.51. The van der Waals surface area contributed by atoms with Crippen LogP contribution in [-0.2, 0) is 4.79 Å². The third-order valence-electron chi connectivity index (χ3n) is 3.59. The summed E-state index contributed by atoms with van der Waals surface area (Å²) in [5.74, 6) is 1.03. The van der Waals surface area contributed by atoms with Gasteiger partial charge in [-0.15, -0.1) is 11.8 Å². The number of thioether (sulfide) groups is 1. The third kappa shape index (κ3) is 2.94. The average molecular weight is 322 g/mol. The maximum Gasteiger partial charge on any atom is 0.248 e. The lowest BCUT2D eigenvalue weighted by Crippen LogP contribution is -2.36. The summed E-state index contributed by atoms with van der Waals surface area (Å²) in [6.45, 7) is 2.64. The van der Waals surface area contributed by atoms with Gasteiger partial charge in [-0.05, 0) is 30.7 Å². The Morgan fingerprint density at radius 1 is 1.48 bits per heavy atom. The summed E-state index contributed by atoms with van der Waals surface area (Å²) in [5.41, 5.74) is 1.08. The van der Waals surface area contributed by atoms with E-state index < -0.39 is 0 Å². The fourth-order valence-electron chi connectivity index (χ4n) is 2.49. The lowest BCUT2D eigenvalue weighted by atomic mass is 10.2. The molecule has 1 aromatic carbocycles. The summed E-state index contributed by atoms with van der Waals surface area (Å²) < 4.78 is 1.69. The third-order valence-corrected chi connectivity index (χ3v) is 5.08. The molecular weight excluding hydrogens is 306 g/mol. The van der Waals surface area contributed by atoms with Crippen molar-refractivity contribution in [2.24, 2.45) is 0 Å². The van der Waals surface area contributed by atoms with Gasteiger partial charge < -0.3 is 4.90 Å². The predicted molar refractivity (Wildman–Crippen MR) is 85.3 cm³/mol. The van der Waals surface area contributed by atoms with E-state index in [9.17, 15) is 4.79 Å². The molecule has 1 amide bonds. The molecule has 3 rings (SSSR count). The van der Waals surface area contributed by atoms with E-state index in [-0.39, 0.29) is 17.3 Å². The van der Waals surface area contributed by atoms with E-state index in [4.69, 9.17) is 11.6 Å². The molecule has 2 unspecified atom stereocenters. The minimum absolute atomic E-state index is 0.0363. The summed E-state index contributed by atoms with van der Waals surface area (Å²) in [6, 6.07) is 9.27. The zero-order valence-electron chi connectivity index (χ0n) is 11.6. The Labute approximate surface area is 133 Å². The average Bonchev–Trinajstić information content (AvgIpc) is 3.16. The molecule has 0 N–H and O–H groups in total. The highest BCUT2D eigenvalue weighted by Crippen LogP contribution is 2.39. The Balaban J connectivity index is 1.82. The molecule has 2 atom stereocenters. The van der Waals surface area contributed by atoms with Gasteiger partial charge in [0.25, 0.3) is 0 Å². The lowest BCUT2D eigenvalue weighted by Gasteiger charge is -2.27. The first-order valence-corrected chi connectivity index (χ1v) is 8.26. The number of halogens is 1. The fourth-order valence-corrected chi connectivity index (χ4v) is 3.95. The van der Waals surface area contributed by atoms with Gasteiger partial charge in [0.05, 0.1) is 0 Å². The fraction of sp³-hybridized carbons (Fsp3) is 0.333. The molecule has 0 radical (unpaired) electrons. The standard InChI is InChI=1S/C15H16ClN3OS/c1-11(19-7-3-6-17-19)14(20)18-8-9-21-15(18)12-4-2-5-13(16)10-12/h2-7,10-11,15H,8-9H2,1H3. The Bertz CT molecular complexity index is 632. The normalized spacial score (nSPS) is 19.7. The zero-order chi connectivity index (χ0) is 14.8. The van der Waals surface area contributed by atoms with Crippen molar-refractivity contribution in [1.29, 1.82) is 0 Å². The zero-order valence-corrected chi connectivity index (χ0v) is 13.2. The van der Waals surface area contributed by atoms with E-state index in [0.717, 1.165) is 17.9 Å². The minimum atomic E-state index is -0.291. The molecule has 0 aliphatic carbocycles. The van der Waals surface area contributed by atoms with E-state index in [1.165, 1.54) is 0 Å². The van der Waals surface area contributed by atoms with Crippen LogP contribution in [-0.4, -0.2) is 32.9 Å². The molecule has 1 aliphatic heterocycles. The van der Waals surface area contributed by atoms with Crippen LogP contribution in [0.4, 0.5) is 0 Å². The molecule has 1 fully saturated rings. The van der Waals surface area contributed by atoms with Gasteiger partial charge in [0.1, 0.15) is 11.4 Å². The first kappa shape index (κ1) is 14.5. The second kappa shape index (κ2) is 6.12.